The molecule has 2 rings (SSSR count). The van der Waals surface area contributed by atoms with Gasteiger partial charge < -0.3 is 10.5 Å². The van der Waals surface area contributed by atoms with Crippen LogP contribution >= 0.6 is 0 Å². The van der Waals surface area contributed by atoms with Gasteiger partial charge in [-0.25, -0.2) is 0 Å². The fourth-order valence-corrected chi connectivity index (χ4v) is 1.47. The third kappa shape index (κ3) is 3.29. The lowest BCUT2D eigenvalue weighted by Gasteiger charge is -2.06. The van der Waals surface area contributed by atoms with Crippen LogP contribution in [0.15, 0.2) is 42.6 Å². The Balaban J connectivity index is 1.95. The Morgan fingerprint density at radius 2 is 1.88 bits per heavy atom. The molecule has 0 spiro atoms. The average molecular weight is 228 g/mol. The number of nitrogens with two attached hydrogens (primary N) is 1. The molecule has 0 aliphatic rings. The maximum atomic E-state index is 5.63. The van der Waals surface area contributed by atoms with Crippen LogP contribution in [0.5, 0.6) is 5.75 Å². The van der Waals surface area contributed by atoms with Crippen LogP contribution in [0.1, 0.15) is 16.8 Å². The zero-order valence-electron chi connectivity index (χ0n) is 9.89. The number of nitrogens with zero attached hydrogens (tertiary/aromatic N) is 1. The molecule has 0 atom stereocenters. The number of aryl methyl sites for hydroxylation is 1. The van der Waals surface area contributed by atoms with E-state index in [0.29, 0.717) is 13.2 Å². The van der Waals surface area contributed by atoms with Gasteiger partial charge in [0.05, 0.1) is 11.9 Å². The molecule has 0 saturated carbocycles. The fraction of sp³-hybridized carbons (Fsp3) is 0.214. The highest BCUT2D eigenvalue weighted by atomic mass is 16.5. The summed E-state index contributed by atoms with van der Waals surface area (Å²) >= 11 is 0. The summed E-state index contributed by atoms with van der Waals surface area (Å²) in [6, 6.07) is 12.1. The van der Waals surface area contributed by atoms with Crippen LogP contribution in [0.3, 0.4) is 0 Å². The largest absolute Gasteiger partial charge is 0.487 e. The molecular weight excluding hydrogens is 212 g/mol. The van der Waals surface area contributed by atoms with E-state index in [-0.39, 0.29) is 0 Å². The van der Waals surface area contributed by atoms with Gasteiger partial charge in [-0.1, -0.05) is 29.8 Å². The van der Waals surface area contributed by atoms with Crippen molar-refractivity contribution in [3.8, 4) is 5.75 Å². The highest BCUT2D eigenvalue weighted by molar-refractivity contribution is 5.23. The molecule has 0 fully saturated rings. The Morgan fingerprint density at radius 3 is 2.47 bits per heavy atom. The van der Waals surface area contributed by atoms with Gasteiger partial charge in [0.1, 0.15) is 12.4 Å². The lowest BCUT2D eigenvalue weighted by Crippen LogP contribution is -2.00. The van der Waals surface area contributed by atoms with Gasteiger partial charge in [0, 0.05) is 6.54 Å². The molecule has 1 heterocycles. The summed E-state index contributed by atoms with van der Waals surface area (Å²) in [5.74, 6) is 0.766. The average Bonchev–Trinajstić information content (AvgIpc) is 2.39. The van der Waals surface area contributed by atoms with E-state index in [0.717, 1.165) is 17.0 Å². The van der Waals surface area contributed by atoms with E-state index in [2.05, 4.69) is 36.2 Å². The monoisotopic (exact) mass is 228 g/mol. The quantitative estimate of drug-likeness (QED) is 0.874. The lowest BCUT2D eigenvalue weighted by atomic mass is 10.2. The summed E-state index contributed by atoms with van der Waals surface area (Å²) in [6.07, 6.45) is 1.70. The predicted molar refractivity (Wildman–Crippen MR) is 67.6 cm³/mol. The van der Waals surface area contributed by atoms with Gasteiger partial charge in [-0.3, -0.25) is 4.98 Å². The van der Waals surface area contributed by atoms with Crippen molar-refractivity contribution in [2.24, 2.45) is 5.73 Å². The molecule has 0 amide bonds. The summed E-state index contributed by atoms with van der Waals surface area (Å²) < 4.78 is 5.63. The van der Waals surface area contributed by atoms with Gasteiger partial charge >= 0.3 is 0 Å². The molecule has 0 aliphatic heterocycles. The van der Waals surface area contributed by atoms with E-state index < -0.39 is 0 Å². The number of rotatable bonds is 4. The van der Waals surface area contributed by atoms with Crippen molar-refractivity contribution in [1.29, 1.82) is 0 Å². The first kappa shape index (κ1) is 11.6. The third-order valence-corrected chi connectivity index (χ3v) is 2.53. The smallest absolute Gasteiger partial charge is 0.138 e. The number of benzene rings is 1. The number of pyridine rings is 1. The normalized spacial score (nSPS) is 10.2. The molecule has 3 heteroatoms. The Bertz CT molecular complexity index is 463. The molecule has 0 saturated heterocycles. The van der Waals surface area contributed by atoms with Crippen LogP contribution in [-0.4, -0.2) is 4.98 Å². The zero-order valence-corrected chi connectivity index (χ0v) is 9.89. The number of ether oxygens (including phenoxy) is 1. The van der Waals surface area contributed by atoms with Gasteiger partial charge in [-0.05, 0) is 24.6 Å². The summed E-state index contributed by atoms with van der Waals surface area (Å²) in [7, 11) is 0. The molecule has 1 aromatic heterocycles. The fourth-order valence-electron chi connectivity index (χ4n) is 1.47. The van der Waals surface area contributed by atoms with Gasteiger partial charge in [-0.2, -0.15) is 0 Å². The molecular formula is C14H16N2O. The van der Waals surface area contributed by atoms with Crippen LogP contribution in [0, 0.1) is 6.92 Å². The second-order valence-electron chi connectivity index (χ2n) is 3.96. The van der Waals surface area contributed by atoms with Crippen molar-refractivity contribution >= 4 is 0 Å². The van der Waals surface area contributed by atoms with E-state index in [9.17, 15) is 0 Å². The van der Waals surface area contributed by atoms with Crippen LogP contribution in [0.4, 0.5) is 0 Å². The molecule has 0 radical (unpaired) electrons. The van der Waals surface area contributed by atoms with E-state index in [4.69, 9.17) is 10.5 Å². The van der Waals surface area contributed by atoms with Gasteiger partial charge in [0.25, 0.3) is 0 Å². The van der Waals surface area contributed by atoms with Crippen molar-refractivity contribution in [3.05, 3.63) is 59.4 Å². The number of aromatic nitrogens is 1. The first-order valence-corrected chi connectivity index (χ1v) is 5.61. The van der Waals surface area contributed by atoms with Crippen molar-refractivity contribution in [3.63, 3.8) is 0 Å². The Morgan fingerprint density at radius 1 is 1.12 bits per heavy atom. The van der Waals surface area contributed by atoms with E-state index in [1.54, 1.807) is 6.20 Å². The van der Waals surface area contributed by atoms with E-state index >= 15 is 0 Å². The highest BCUT2D eigenvalue weighted by Crippen LogP contribution is 2.12. The maximum absolute atomic E-state index is 5.63. The van der Waals surface area contributed by atoms with Crippen molar-refractivity contribution in [1.82, 2.24) is 4.98 Å². The molecule has 2 N–H and O–H groups in total. The second kappa shape index (κ2) is 5.46. The Hall–Kier alpha value is -1.87. The van der Waals surface area contributed by atoms with Crippen LogP contribution in [0.25, 0.3) is 0 Å². The summed E-state index contributed by atoms with van der Waals surface area (Å²) in [5, 5.41) is 0. The maximum Gasteiger partial charge on any atom is 0.138 e. The van der Waals surface area contributed by atoms with Crippen molar-refractivity contribution < 1.29 is 4.74 Å². The first-order chi connectivity index (χ1) is 8.28. The molecule has 3 nitrogen and oxygen atoms in total. The number of hydrogen-bond acceptors (Lipinski definition) is 3. The lowest BCUT2D eigenvalue weighted by molar-refractivity contribution is 0.305. The van der Waals surface area contributed by atoms with E-state index in [1.165, 1.54) is 5.56 Å². The third-order valence-electron chi connectivity index (χ3n) is 2.53. The van der Waals surface area contributed by atoms with Crippen molar-refractivity contribution in [2.75, 3.05) is 0 Å². The molecule has 0 unspecified atom stereocenters. The van der Waals surface area contributed by atoms with Crippen LogP contribution in [0.2, 0.25) is 0 Å². The minimum Gasteiger partial charge on any atom is -0.487 e. The SMILES string of the molecule is Cc1ccc(COc2ccc(CN)nc2)cc1. The van der Waals surface area contributed by atoms with Gasteiger partial charge in [0.15, 0.2) is 0 Å². The Labute approximate surface area is 101 Å². The second-order valence-corrected chi connectivity index (χ2v) is 3.96. The van der Waals surface area contributed by atoms with Crippen LogP contribution in [-0.2, 0) is 13.2 Å². The minimum atomic E-state index is 0.457. The first-order valence-electron chi connectivity index (χ1n) is 5.61. The summed E-state index contributed by atoms with van der Waals surface area (Å²) in [5.41, 5.74) is 8.75. The number of hydrogen-bond donors (Lipinski definition) is 1. The van der Waals surface area contributed by atoms with Gasteiger partial charge in [0.2, 0.25) is 0 Å². The summed E-state index contributed by atoms with van der Waals surface area (Å²) in [6.45, 7) is 3.09. The molecule has 17 heavy (non-hydrogen) atoms. The summed E-state index contributed by atoms with van der Waals surface area (Å²) in [4.78, 5) is 4.17. The van der Waals surface area contributed by atoms with Crippen molar-refractivity contribution in [2.45, 2.75) is 20.1 Å². The standard InChI is InChI=1S/C14H16N2O/c1-11-2-4-12(5-3-11)10-17-14-7-6-13(8-15)16-9-14/h2-7,9H,8,10,15H2,1H3. The predicted octanol–water partition coefficient (Wildman–Crippen LogP) is 2.43. The molecule has 0 aliphatic carbocycles. The Kier molecular flexibility index (Phi) is 3.73. The van der Waals surface area contributed by atoms with Crippen LogP contribution < -0.4 is 10.5 Å². The molecule has 1 aromatic carbocycles. The molecule has 88 valence electrons. The minimum absolute atomic E-state index is 0.457. The van der Waals surface area contributed by atoms with Gasteiger partial charge in [-0.15, -0.1) is 0 Å². The van der Waals surface area contributed by atoms with E-state index in [1.807, 2.05) is 12.1 Å². The molecule has 2 aromatic rings. The highest BCUT2D eigenvalue weighted by Gasteiger charge is 1.97. The topological polar surface area (TPSA) is 48.1 Å². The zero-order chi connectivity index (χ0) is 12.1. The molecule has 0 bridgehead atoms.